The molecule has 0 saturated carbocycles. The van der Waals surface area contributed by atoms with Crippen LogP contribution in [-0.2, 0) is 21.9 Å². The Kier molecular flexibility index (Phi) is 4.21. The normalized spacial score (nSPS) is 13.5. The Morgan fingerprint density at radius 2 is 2.29 bits per heavy atom. The average Bonchev–Trinajstić information content (AvgIpc) is 2.64. The van der Waals surface area contributed by atoms with E-state index >= 15 is 0 Å². The van der Waals surface area contributed by atoms with E-state index in [0.29, 0.717) is 0 Å². The smallest absolute Gasteiger partial charge is 0.321 e. The van der Waals surface area contributed by atoms with Crippen LogP contribution in [0.4, 0.5) is 0 Å². The number of aromatic nitrogens is 2. The monoisotopic (exact) mass is 263 g/mol. The summed E-state index contributed by atoms with van der Waals surface area (Å²) in [5.74, 6) is -1.34. The topological polar surface area (TPSA) is 122 Å². The number of sulfonamides is 1. The number of aliphatic hydroxyl groups is 1. The van der Waals surface area contributed by atoms with Gasteiger partial charge in [0, 0.05) is 13.7 Å². The molecule has 0 aliphatic rings. The summed E-state index contributed by atoms with van der Waals surface area (Å²) in [6.45, 7) is -0.426. The number of hydrogen-bond acceptors (Lipinski definition) is 5. The Hall–Kier alpha value is -1.45. The van der Waals surface area contributed by atoms with Gasteiger partial charge in [-0.3, -0.25) is 9.48 Å². The number of nitrogens with zero attached hydrogens (tertiary/aromatic N) is 2. The van der Waals surface area contributed by atoms with Crippen molar-refractivity contribution in [3.63, 3.8) is 0 Å². The lowest BCUT2D eigenvalue weighted by molar-refractivity contribution is -0.139. The van der Waals surface area contributed by atoms with Crippen molar-refractivity contribution >= 4 is 16.0 Å². The summed E-state index contributed by atoms with van der Waals surface area (Å²) in [6, 6.07) is -0.111. The third-order valence-corrected chi connectivity index (χ3v) is 3.61. The van der Waals surface area contributed by atoms with Crippen LogP contribution < -0.4 is 4.72 Å². The van der Waals surface area contributed by atoms with Crippen molar-refractivity contribution in [1.82, 2.24) is 14.5 Å². The van der Waals surface area contributed by atoms with E-state index in [1.807, 2.05) is 4.72 Å². The minimum Gasteiger partial charge on any atom is -0.480 e. The van der Waals surface area contributed by atoms with Gasteiger partial charge < -0.3 is 10.2 Å². The molecule has 8 nitrogen and oxygen atoms in total. The molecule has 0 saturated heterocycles. The van der Waals surface area contributed by atoms with E-state index in [9.17, 15) is 13.2 Å². The van der Waals surface area contributed by atoms with Gasteiger partial charge in [-0.2, -0.15) is 9.82 Å². The number of nitrogens with one attached hydrogen (secondary N) is 1. The summed E-state index contributed by atoms with van der Waals surface area (Å²) in [7, 11) is -2.53. The number of aliphatic carboxylic acids is 1. The van der Waals surface area contributed by atoms with Crippen LogP contribution in [0.3, 0.4) is 0 Å². The van der Waals surface area contributed by atoms with E-state index in [1.54, 1.807) is 0 Å². The molecule has 0 fully saturated rings. The lowest BCUT2D eigenvalue weighted by Crippen LogP contribution is -2.41. The predicted molar refractivity (Wildman–Crippen MR) is 56.7 cm³/mol. The molecular formula is C8H13N3O5S. The fourth-order valence-corrected chi connectivity index (χ4v) is 2.58. The Morgan fingerprint density at radius 3 is 2.71 bits per heavy atom. The molecule has 0 bridgehead atoms. The highest BCUT2D eigenvalue weighted by atomic mass is 32.2. The summed E-state index contributed by atoms with van der Waals surface area (Å²) in [5.41, 5.74) is 0. The molecule has 1 aromatic rings. The Balaban J connectivity index is 2.93. The first kappa shape index (κ1) is 13.6. The molecule has 0 radical (unpaired) electrons. The third kappa shape index (κ3) is 3.25. The van der Waals surface area contributed by atoms with Crippen LogP contribution in [0.25, 0.3) is 0 Å². The number of carboxylic acid groups (broad SMARTS) is 1. The molecule has 9 heteroatoms. The zero-order chi connectivity index (χ0) is 13.1. The zero-order valence-electron chi connectivity index (χ0n) is 9.07. The van der Waals surface area contributed by atoms with E-state index in [2.05, 4.69) is 5.10 Å². The third-order valence-electron chi connectivity index (χ3n) is 2.06. The van der Waals surface area contributed by atoms with Crippen molar-refractivity contribution in [2.24, 2.45) is 7.05 Å². The molecule has 1 unspecified atom stereocenters. The minimum atomic E-state index is -3.96. The summed E-state index contributed by atoms with van der Waals surface area (Å²) in [6.07, 6.45) is 1.09. The van der Waals surface area contributed by atoms with Crippen molar-refractivity contribution in [3.05, 3.63) is 12.3 Å². The van der Waals surface area contributed by atoms with Crippen LogP contribution in [0.5, 0.6) is 0 Å². The standard InChI is InChI=1S/C8H13N3O5S/c1-11-7(2-4-9-11)17(15,16)10-6(3-5-12)8(13)14/h2,4,6,10,12H,3,5H2,1H3,(H,13,14). The summed E-state index contributed by atoms with van der Waals surface area (Å²) < 4.78 is 26.7. The first-order valence-corrected chi connectivity index (χ1v) is 6.21. The molecule has 0 aliphatic carbocycles. The second-order valence-corrected chi connectivity index (χ2v) is 4.98. The molecule has 1 rings (SSSR count). The van der Waals surface area contributed by atoms with Gasteiger partial charge >= 0.3 is 5.97 Å². The highest BCUT2D eigenvalue weighted by molar-refractivity contribution is 7.89. The zero-order valence-corrected chi connectivity index (χ0v) is 9.88. The Morgan fingerprint density at radius 1 is 1.65 bits per heavy atom. The molecule has 0 aliphatic heterocycles. The Bertz CT molecular complexity index is 495. The van der Waals surface area contributed by atoms with E-state index in [0.717, 1.165) is 4.68 Å². The molecule has 17 heavy (non-hydrogen) atoms. The van der Waals surface area contributed by atoms with Gasteiger partial charge in [0.2, 0.25) is 0 Å². The first-order valence-electron chi connectivity index (χ1n) is 4.72. The van der Waals surface area contributed by atoms with Gasteiger partial charge in [-0.05, 0) is 12.5 Å². The predicted octanol–water partition coefficient (Wildman–Crippen LogP) is -1.47. The minimum absolute atomic E-state index is 0.137. The molecular weight excluding hydrogens is 250 g/mol. The van der Waals surface area contributed by atoms with E-state index in [1.165, 1.54) is 19.3 Å². The highest BCUT2D eigenvalue weighted by Crippen LogP contribution is 2.07. The van der Waals surface area contributed by atoms with Crippen molar-refractivity contribution in [2.45, 2.75) is 17.5 Å². The van der Waals surface area contributed by atoms with Crippen molar-refractivity contribution in [3.8, 4) is 0 Å². The number of aliphatic hydroxyl groups excluding tert-OH is 1. The van der Waals surface area contributed by atoms with Gasteiger partial charge in [-0.15, -0.1) is 0 Å². The average molecular weight is 263 g/mol. The number of hydrogen-bond donors (Lipinski definition) is 3. The van der Waals surface area contributed by atoms with E-state index < -0.39 is 28.6 Å². The largest absolute Gasteiger partial charge is 0.480 e. The van der Waals surface area contributed by atoms with Gasteiger partial charge in [0.25, 0.3) is 10.0 Å². The maximum Gasteiger partial charge on any atom is 0.321 e. The molecule has 1 heterocycles. The lowest BCUT2D eigenvalue weighted by atomic mass is 10.2. The van der Waals surface area contributed by atoms with Crippen LogP contribution in [0, 0.1) is 0 Å². The van der Waals surface area contributed by atoms with Crippen LogP contribution in [0.15, 0.2) is 17.3 Å². The van der Waals surface area contributed by atoms with Gasteiger partial charge in [-0.25, -0.2) is 8.42 Å². The SMILES string of the molecule is Cn1nccc1S(=O)(=O)NC(CCO)C(=O)O. The molecule has 96 valence electrons. The van der Waals surface area contributed by atoms with Crippen molar-refractivity contribution in [1.29, 1.82) is 0 Å². The molecule has 0 aromatic carbocycles. The summed E-state index contributed by atoms with van der Waals surface area (Å²) >= 11 is 0. The van der Waals surface area contributed by atoms with Crippen molar-refractivity contribution < 1.29 is 23.4 Å². The van der Waals surface area contributed by atoms with Crippen LogP contribution >= 0.6 is 0 Å². The summed E-state index contributed by atoms with van der Waals surface area (Å²) in [5, 5.41) is 21.0. The lowest BCUT2D eigenvalue weighted by Gasteiger charge is -2.13. The van der Waals surface area contributed by atoms with Crippen LogP contribution in [0.2, 0.25) is 0 Å². The molecule has 3 N–H and O–H groups in total. The van der Waals surface area contributed by atoms with Gasteiger partial charge in [-0.1, -0.05) is 0 Å². The number of aryl methyl sites for hydroxylation is 1. The van der Waals surface area contributed by atoms with Crippen LogP contribution in [0.1, 0.15) is 6.42 Å². The maximum atomic E-state index is 11.8. The van der Waals surface area contributed by atoms with Crippen LogP contribution in [-0.4, -0.2) is 47.0 Å². The second kappa shape index (κ2) is 5.25. The fraction of sp³-hybridized carbons (Fsp3) is 0.500. The fourth-order valence-electron chi connectivity index (χ4n) is 1.23. The summed E-state index contributed by atoms with van der Waals surface area (Å²) in [4.78, 5) is 10.8. The van der Waals surface area contributed by atoms with Crippen molar-refractivity contribution in [2.75, 3.05) is 6.61 Å². The first-order chi connectivity index (χ1) is 7.88. The molecule has 0 amide bonds. The maximum absolute atomic E-state index is 11.8. The van der Waals surface area contributed by atoms with Gasteiger partial charge in [0.05, 0.1) is 6.20 Å². The molecule has 0 spiro atoms. The highest BCUT2D eigenvalue weighted by Gasteiger charge is 2.26. The Labute approximate surface area is 97.9 Å². The van der Waals surface area contributed by atoms with E-state index in [4.69, 9.17) is 10.2 Å². The second-order valence-electron chi connectivity index (χ2n) is 3.32. The molecule has 1 atom stereocenters. The van der Waals surface area contributed by atoms with Gasteiger partial charge in [0.15, 0.2) is 5.03 Å². The number of rotatable bonds is 6. The molecule has 1 aromatic heterocycles. The van der Waals surface area contributed by atoms with Gasteiger partial charge in [0.1, 0.15) is 6.04 Å². The quantitative estimate of drug-likeness (QED) is 0.576. The number of carboxylic acids is 1. The number of carbonyl (C=O) groups is 1. The van der Waals surface area contributed by atoms with E-state index in [-0.39, 0.29) is 11.4 Å².